The molecule has 0 atom stereocenters. The molecule has 2 N–H and O–H groups in total. The summed E-state index contributed by atoms with van der Waals surface area (Å²) in [6, 6.07) is 21.5. The first-order chi connectivity index (χ1) is 6.45. The molecule has 0 aliphatic rings. The molecule has 0 aliphatic carbocycles. The third kappa shape index (κ3) is 3.01. The monoisotopic (exact) mass is 247 g/mol. The Bertz CT molecular complexity index is 321. The van der Waals surface area contributed by atoms with Crippen molar-refractivity contribution in [1.29, 1.82) is 0 Å². The van der Waals surface area contributed by atoms with Gasteiger partial charge in [0.15, 0.2) is 0 Å². The van der Waals surface area contributed by atoms with Gasteiger partial charge in [0.2, 0.25) is 0 Å². The van der Waals surface area contributed by atoms with Crippen LogP contribution in [0.15, 0.2) is 60.7 Å². The fourth-order valence-electron chi connectivity index (χ4n) is 1.29. The zero-order chi connectivity index (χ0) is 8.93. The number of hydrogen-bond acceptors (Lipinski definition) is 0. The molecule has 0 bridgehead atoms. The van der Waals surface area contributed by atoms with E-state index in [1.54, 1.807) is 0 Å². The van der Waals surface area contributed by atoms with Gasteiger partial charge in [-0.05, 0) is 0 Å². The molecule has 2 aromatic carbocycles. The fourth-order valence-corrected chi connectivity index (χ4v) is 3.84. The SMILES string of the molecule is O.c1cc[c]([GeH][c]2ccccc2)cc1. The van der Waals surface area contributed by atoms with Gasteiger partial charge in [0.25, 0.3) is 0 Å². The predicted molar refractivity (Wildman–Crippen MR) is 62.9 cm³/mol. The van der Waals surface area contributed by atoms with Crippen molar-refractivity contribution in [3.63, 3.8) is 0 Å². The van der Waals surface area contributed by atoms with Crippen LogP contribution in [0.4, 0.5) is 0 Å². The first-order valence-corrected chi connectivity index (χ1v) is 6.82. The van der Waals surface area contributed by atoms with Crippen LogP contribution in [0.25, 0.3) is 0 Å². The van der Waals surface area contributed by atoms with Crippen molar-refractivity contribution in [3.05, 3.63) is 60.7 Å². The summed E-state index contributed by atoms with van der Waals surface area (Å²) in [6.07, 6.45) is 0. The van der Waals surface area contributed by atoms with Gasteiger partial charge in [-0.3, -0.25) is 0 Å². The normalized spacial score (nSPS) is 9.14. The van der Waals surface area contributed by atoms with Gasteiger partial charge in [-0.1, -0.05) is 0 Å². The molecule has 0 aromatic heterocycles. The summed E-state index contributed by atoms with van der Waals surface area (Å²) in [4.78, 5) is 0. The van der Waals surface area contributed by atoms with E-state index in [0.717, 1.165) is 0 Å². The van der Waals surface area contributed by atoms with Crippen molar-refractivity contribution < 1.29 is 5.48 Å². The summed E-state index contributed by atoms with van der Waals surface area (Å²) in [5.74, 6) is 0. The van der Waals surface area contributed by atoms with Gasteiger partial charge in [-0.2, -0.15) is 0 Å². The number of rotatable bonds is 2. The van der Waals surface area contributed by atoms with Gasteiger partial charge in [-0.15, -0.1) is 0 Å². The minimum absolute atomic E-state index is 0. The second-order valence-corrected chi connectivity index (χ2v) is 6.37. The Morgan fingerprint density at radius 2 is 0.929 bits per heavy atom. The summed E-state index contributed by atoms with van der Waals surface area (Å²) in [6.45, 7) is 0. The summed E-state index contributed by atoms with van der Waals surface area (Å²) in [7, 11) is 0. The van der Waals surface area contributed by atoms with Crippen molar-refractivity contribution >= 4 is 24.2 Å². The summed E-state index contributed by atoms with van der Waals surface area (Å²) >= 11 is -0.392. The molecule has 0 heterocycles. The zero-order valence-electron chi connectivity index (χ0n) is 7.85. The molecule has 14 heavy (non-hydrogen) atoms. The molecule has 0 saturated heterocycles. The quantitative estimate of drug-likeness (QED) is 0.680. The molecule has 0 amide bonds. The van der Waals surface area contributed by atoms with Crippen LogP contribution in [-0.2, 0) is 0 Å². The zero-order valence-corrected chi connectivity index (χ0v) is 10.3. The molecule has 0 spiro atoms. The second kappa shape index (κ2) is 5.63. The average molecular weight is 246 g/mol. The van der Waals surface area contributed by atoms with Crippen molar-refractivity contribution in [2.45, 2.75) is 0 Å². The van der Waals surface area contributed by atoms with Crippen LogP contribution in [0.5, 0.6) is 0 Å². The van der Waals surface area contributed by atoms with E-state index >= 15 is 0 Å². The average Bonchev–Trinajstić information content (AvgIpc) is 2.21. The Morgan fingerprint density at radius 3 is 1.29 bits per heavy atom. The van der Waals surface area contributed by atoms with E-state index in [4.69, 9.17) is 0 Å². The second-order valence-electron chi connectivity index (χ2n) is 2.97. The van der Waals surface area contributed by atoms with Crippen LogP contribution in [0.1, 0.15) is 0 Å². The van der Waals surface area contributed by atoms with Gasteiger partial charge in [0.05, 0.1) is 0 Å². The Hall–Kier alpha value is -1.06. The molecule has 2 heteroatoms. The maximum absolute atomic E-state index is 2.23. The van der Waals surface area contributed by atoms with Gasteiger partial charge in [-0.25, -0.2) is 0 Å². The molecular formula is C12H13GeO. The molecule has 1 nitrogen and oxygen atoms in total. The summed E-state index contributed by atoms with van der Waals surface area (Å²) < 4.78 is 3.05. The maximum atomic E-state index is 2.23. The molecule has 71 valence electrons. The molecule has 0 saturated carbocycles. The number of benzene rings is 2. The summed E-state index contributed by atoms with van der Waals surface area (Å²) in [5.41, 5.74) is 0. The Morgan fingerprint density at radius 1 is 0.571 bits per heavy atom. The molecule has 1 radical (unpaired) electrons. The molecule has 2 aromatic rings. The van der Waals surface area contributed by atoms with E-state index in [0.29, 0.717) is 0 Å². The van der Waals surface area contributed by atoms with E-state index in [9.17, 15) is 0 Å². The Labute approximate surface area is 90.6 Å². The van der Waals surface area contributed by atoms with Gasteiger partial charge in [0, 0.05) is 0 Å². The van der Waals surface area contributed by atoms with Crippen LogP contribution in [0.3, 0.4) is 0 Å². The first kappa shape index (κ1) is 11.0. The minimum atomic E-state index is -0.392. The summed E-state index contributed by atoms with van der Waals surface area (Å²) in [5, 5.41) is 0. The van der Waals surface area contributed by atoms with E-state index in [-0.39, 0.29) is 5.48 Å². The topological polar surface area (TPSA) is 31.5 Å². The van der Waals surface area contributed by atoms with Crippen LogP contribution in [0.2, 0.25) is 0 Å². The first-order valence-electron chi connectivity index (χ1n) is 4.40. The van der Waals surface area contributed by atoms with Crippen LogP contribution >= 0.6 is 0 Å². The Kier molecular flexibility index (Phi) is 4.43. The van der Waals surface area contributed by atoms with Gasteiger partial charge < -0.3 is 5.48 Å². The predicted octanol–water partition coefficient (Wildman–Crippen LogP) is 0.249. The van der Waals surface area contributed by atoms with Crippen LogP contribution < -0.4 is 8.79 Å². The van der Waals surface area contributed by atoms with Crippen molar-refractivity contribution in [2.24, 2.45) is 0 Å². The van der Waals surface area contributed by atoms with Gasteiger partial charge >= 0.3 is 84.9 Å². The molecule has 2 rings (SSSR count). The fraction of sp³-hybridized carbons (Fsp3) is 0. The van der Waals surface area contributed by atoms with E-state index < -0.39 is 15.4 Å². The third-order valence-corrected chi connectivity index (χ3v) is 4.95. The van der Waals surface area contributed by atoms with Gasteiger partial charge in [0.1, 0.15) is 0 Å². The molecule has 0 aliphatic heterocycles. The van der Waals surface area contributed by atoms with E-state index in [2.05, 4.69) is 60.7 Å². The molecule has 0 unspecified atom stereocenters. The van der Waals surface area contributed by atoms with Crippen LogP contribution in [-0.4, -0.2) is 20.9 Å². The third-order valence-electron chi connectivity index (χ3n) is 1.93. The standard InChI is InChI=1S/C12H11Ge.H2O/c1-3-7-11(8-4-1)13-12-9-5-2-6-10-12;/h1-10,13H;1H2. The number of hydrogen-bond donors (Lipinski definition) is 0. The van der Waals surface area contributed by atoms with Crippen molar-refractivity contribution in [1.82, 2.24) is 0 Å². The van der Waals surface area contributed by atoms with Crippen molar-refractivity contribution in [3.8, 4) is 0 Å². The molecular weight excluding hydrogens is 233 g/mol. The molecule has 0 fully saturated rings. The Balaban J connectivity index is 0.000000980. The van der Waals surface area contributed by atoms with Crippen LogP contribution in [0, 0.1) is 0 Å². The van der Waals surface area contributed by atoms with Crippen molar-refractivity contribution in [2.75, 3.05) is 0 Å². The van der Waals surface area contributed by atoms with E-state index in [1.807, 2.05) is 0 Å². The van der Waals surface area contributed by atoms with E-state index in [1.165, 1.54) is 8.79 Å².